The molecule has 0 saturated heterocycles. The third kappa shape index (κ3) is 16.6. The van der Waals surface area contributed by atoms with Gasteiger partial charge in [-0.2, -0.15) is 0 Å². The normalized spacial score (nSPS) is 11.6. The van der Waals surface area contributed by atoms with Gasteiger partial charge in [0.05, 0.1) is 0 Å². The van der Waals surface area contributed by atoms with Gasteiger partial charge in [0.1, 0.15) is 0 Å². The van der Waals surface area contributed by atoms with Gasteiger partial charge in [-0.3, -0.25) is 0 Å². The second-order valence-electron chi connectivity index (χ2n) is 3.75. The average Bonchev–Trinajstić information content (AvgIpc) is 1.75. The Morgan fingerprint density at radius 3 is 1.22 bits per heavy atom. The molecule has 7 nitrogen and oxygen atoms in total. The molecule has 0 rings (SSSR count). The molecule has 0 amide bonds. The molecule has 0 aliphatic heterocycles. The first kappa shape index (κ1) is 33.8. The topological polar surface area (TPSA) is 152 Å². The third-order valence-electron chi connectivity index (χ3n) is 1.44. The fraction of sp³-hybridized carbons (Fsp3) is 1.00. The molecule has 0 aromatic carbocycles. The zero-order valence-electron chi connectivity index (χ0n) is 11.7. The van der Waals surface area contributed by atoms with Crippen LogP contribution in [0.5, 0.6) is 0 Å². The molecule has 0 saturated carbocycles. The van der Waals surface area contributed by atoms with E-state index in [1.807, 2.05) is 0 Å². The molecule has 13 heteroatoms. The zero-order chi connectivity index (χ0) is 11.8. The van der Waals surface area contributed by atoms with Crippen molar-refractivity contribution in [2.24, 2.45) is 5.73 Å². The Labute approximate surface area is 195 Å². The molecule has 0 atom stereocenters. The second kappa shape index (κ2) is 12.7. The van der Waals surface area contributed by atoms with E-state index in [2.05, 4.69) is 0 Å². The molecule has 0 fully saturated rings. The summed E-state index contributed by atoms with van der Waals surface area (Å²) in [6, 6.07) is 0. The molecule has 0 aliphatic rings. The quantitative estimate of drug-likeness (QED) is 0.395. The molecule has 0 radical (unpaired) electrons. The smallest absolute Gasteiger partial charge is 0.810 e. The van der Waals surface area contributed by atoms with Gasteiger partial charge in [-0.25, -0.2) is 0 Å². The van der Waals surface area contributed by atoms with Crippen molar-refractivity contribution in [2.75, 3.05) is 0 Å². The van der Waals surface area contributed by atoms with E-state index in [0.29, 0.717) is 0 Å². The Hall–Kier alpha value is 4.26. The van der Waals surface area contributed by atoms with Crippen molar-refractivity contribution < 1.29 is 147 Å². The summed E-state index contributed by atoms with van der Waals surface area (Å²) in [7, 11) is -10.9. The van der Waals surface area contributed by atoms with E-state index in [4.69, 9.17) is 5.73 Å². The Morgan fingerprint density at radius 1 is 0.944 bits per heavy atom. The van der Waals surface area contributed by atoms with Gasteiger partial charge in [0.25, 0.3) is 0 Å². The van der Waals surface area contributed by atoms with E-state index >= 15 is 0 Å². The van der Waals surface area contributed by atoms with E-state index in [-0.39, 0.29) is 118 Å². The fourth-order valence-corrected chi connectivity index (χ4v) is 3.64. The van der Waals surface area contributed by atoms with Gasteiger partial charge in [-0.05, 0) is 20.3 Å². The third-order valence-corrected chi connectivity index (χ3v) is 4.96. The molecular weight excluding hydrogens is 324 g/mol. The van der Waals surface area contributed by atoms with E-state index in [0.717, 1.165) is 0 Å². The van der Waals surface area contributed by atoms with Crippen LogP contribution in [-0.2, 0) is 9.13 Å². The summed E-state index contributed by atoms with van der Waals surface area (Å²) in [6.07, 6.45) is -0.693. The van der Waals surface area contributed by atoms with E-state index in [1.54, 1.807) is 0 Å². The van der Waals surface area contributed by atoms with Crippen molar-refractivity contribution >= 4 is 15.2 Å². The van der Waals surface area contributed by atoms with Crippen molar-refractivity contribution in [3.63, 3.8) is 0 Å². The summed E-state index contributed by atoms with van der Waals surface area (Å²) in [5.74, 6) is 0. The van der Waals surface area contributed by atoms with Crippen LogP contribution in [0.25, 0.3) is 0 Å². The predicted molar refractivity (Wildman–Crippen MR) is 41.9 cm³/mol. The number of hydrogen-bond donors (Lipinski definition) is 1. The first-order chi connectivity index (χ1) is 5.84. The van der Waals surface area contributed by atoms with Crippen LogP contribution in [0.4, 0.5) is 0 Å². The van der Waals surface area contributed by atoms with Crippen LogP contribution in [0.3, 0.4) is 0 Å². The Morgan fingerprint density at radius 2 is 1.17 bits per heavy atom. The van der Waals surface area contributed by atoms with E-state index in [9.17, 15) is 28.7 Å². The first-order valence-corrected chi connectivity index (χ1v) is 6.89. The Bertz CT molecular complexity index is 277. The van der Waals surface area contributed by atoms with Crippen LogP contribution < -0.4 is 144 Å². The summed E-state index contributed by atoms with van der Waals surface area (Å²) in [6.45, 7) is 2.65. The second-order valence-corrected chi connectivity index (χ2v) is 7.57. The van der Waals surface area contributed by atoms with Crippen LogP contribution in [-0.4, -0.2) is 10.9 Å². The standard InChI is InChI=1S/C5H15NO6P2.4Na/c1-5(2,6)3-4(13(7,8)9)14(10,11)12;;;;/h4H,3,6H2,1-2H3,(H2,7,8,9)(H2,10,11,12);;;;/q;4*+1/p-4. The monoisotopic (exact) mass is 335 g/mol. The first-order valence-electron chi connectivity index (χ1n) is 3.66. The van der Waals surface area contributed by atoms with Crippen molar-refractivity contribution in [1.29, 1.82) is 0 Å². The fourth-order valence-electron chi connectivity index (χ4n) is 0.867. The van der Waals surface area contributed by atoms with Gasteiger partial charge < -0.3 is 34.4 Å². The number of hydrogen-bond acceptors (Lipinski definition) is 7. The summed E-state index contributed by atoms with van der Waals surface area (Å²) >= 11 is 0. The maximum absolute atomic E-state index is 10.5. The van der Waals surface area contributed by atoms with E-state index < -0.39 is 32.6 Å². The molecule has 0 unspecified atom stereocenters. The minimum Gasteiger partial charge on any atom is -0.810 e. The van der Waals surface area contributed by atoms with Crippen LogP contribution in [0.2, 0.25) is 0 Å². The van der Waals surface area contributed by atoms with Gasteiger partial charge in [0, 0.05) is 10.9 Å². The molecule has 0 aromatic rings. The van der Waals surface area contributed by atoms with Crippen LogP contribution >= 0.6 is 15.2 Å². The maximum atomic E-state index is 10.5. The maximum Gasteiger partial charge on any atom is 1.00 e. The van der Waals surface area contributed by atoms with Crippen molar-refractivity contribution in [1.82, 2.24) is 0 Å². The molecular formula is C5H11NNa4O6P2. The van der Waals surface area contributed by atoms with Gasteiger partial charge in [0.15, 0.2) is 0 Å². The SMILES string of the molecule is CC(C)(N)CC(P(=O)([O-])[O-])P(=O)([O-])[O-].[Na+].[Na+].[Na+].[Na+]. The van der Waals surface area contributed by atoms with E-state index in [1.165, 1.54) is 13.8 Å². The van der Waals surface area contributed by atoms with Gasteiger partial charge in [-0.1, -0.05) is 15.2 Å². The molecule has 0 spiro atoms. The summed E-state index contributed by atoms with van der Waals surface area (Å²) in [4.78, 5) is 42.0. The molecule has 0 aliphatic carbocycles. The van der Waals surface area contributed by atoms with Gasteiger partial charge >= 0.3 is 118 Å². The van der Waals surface area contributed by atoms with Crippen molar-refractivity contribution in [3.05, 3.63) is 0 Å². The van der Waals surface area contributed by atoms with Crippen LogP contribution in [0.1, 0.15) is 20.3 Å². The van der Waals surface area contributed by atoms with Crippen molar-refractivity contribution in [2.45, 2.75) is 31.2 Å². The largest absolute Gasteiger partial charge is 1.00 e. The molecule has 0 bridgehead atoms. The molecule has 18 heavy (non-hydrogen) atoms. The number of rotatable bonds is 4. The summed E-state index contributed by atoms with van der Waals surface area (Å²) in [5.41, 5.74) is 4.12. The Kier molecular flexibility index (Phi) is 23.7. The molecule has 0 heterocycles. The van der Waals surface area contributed by atoms with Crippen LogP contribution in [0, 0.1) is 0 Å². The number of nitrogens with two attached hydrogens (primary N) is 1. The average molecular weight is 335 g/mol. The minimum atomic E-state index is -5.46. The van der Waals surface area contributed by atoms with Gasteiger partial charge in [-0.15, -0.1) is 0 Å². The minimum absolute atomic E-state index is 0. The van der Waals surface area contributed by atoms with Gasteiger partial charge in [0.2, 0.25) is 0 Å². The molecule has 86 valence electrons. The molecule has 0 aromatic heterocycles. The zero-order valence-corrected chi connectivity index (χ0v) is 21.5. The predicted octanol–water partition coefficient (Wildman–Crippen LogP) is -14.7. The van der Waals surface area contributed by atoms with Crippen LogP contribution in [0.15, 0.2) is 0 Å². The summed E-state index contributed by atoms with van der Waals surface area (Å²) < 4.78 is 21.0. The summed E-state index contributed by atoms with van der Waals surface area (Å²) in [5, 5.41) is -2.46. The Balaban J connectivity index is -0.000000141. The molecule has 2 N–H and O–H groups in total. The van der Waals surface area contributed by atoms with Crippen molar-refractivity contribution in [3.8, 4) is 0 Å².